The number of aromatic nitrogens is 4. The summed E-state index contributed by atoms with van der Waals surface area (Å²) in [5.74, 6) is 0.394. The minimum atomic E-state index is -3.86. The number of carboxylic acid groups (broad SMARTS) is 1. The standard InChI is InChI=1S/C21H21N5O5S/c1-13(27)19-23-17-11-22-20-16(18(17)26(19)14-7-9-24(12-14)21(28)29)8-10-25(20)32(30,31)15-5-3-2-4-6-15/h2-6,8,10-11,13-14,27H,7,9,12H2,1H3,(H,28,29)/t13-,14-/m1/s1. The molecule has 10 nitrogen and oxygen atoms in total. The van der Waals surface area contributed by atoms with Crippen molar-refractivity contribution in [3.05, 3.63) is 54.6 Å². The summed E-state index contributed by atoms with van der Waals surface area (Å²) in [6.07, 6.45) is 1.61. The molecule has 0 spiro atoms. The summed E-state index contributed by atoms with van der Waals surface area (Å²) < 4.78 is 29.4. The van der Waals surface area contributed by atoms with Crippen molar-refractivity contribution in [2.75, 3.05) is 13.1 Å². The molecular weight excluding hydrogens is 434 g/mol. The second kappa shape index (κ2) is 7.31. The van der Waals surface area contributed by atoms with Gasteiger partial charge in [-0.1, -0.05) is 18.2 Å². The zero-order valence-electron chi connectivity index (χ0n) is 17.2. The molecule has 1 fully saturated rings. The zero-order chi connectivity index (χ0) is 22.6. The zero-order valence-corrected chi connectivity index (χ0v) is 18.0. The van der Waals surface area contributed by atoms with Gasteiger partial charge in [0.25, 0.3) is 10.0 Å². The molecule has 3 aromatic heterocycles. The average molecular weight is 455 g/mol. The van der Waals surface area contributed by atoms with Crippen LogP contribution in [0.5, 0.6) is 0 Å². The van der Waals surface area contributed by atoms with E-state index in [9.17, 15) is 23.4 Å². The summed E-state index contributed by atoms with van der Waals surface area (Å²) in [5.41, 5.74) is 1.38. The molecule has 11 heteroatoms. The molecule has 5 rings (SSSR count). The number of aliphatic hydroxyl groups is 1. The van der Waals surface area contributed by atoms with E-state index in [0.717, 1.165) is 3.97 Å². The third-order valence-electron chi connectivity index (χ3n) is 5.83. The Hall–Kier alpha value is -3.44. The van der Waals surface area contributed by atoms with Crippen molar-refractivity contribution in [2.24, 2.45) is 0 Å². The van der Waals surface area contributed by atoms with Crippen LogP contribution >= 0.6 is 0 Å². The monoisotopic (exact) mass is 455 g/mol. The van der Waals surface area contributed by atoms with Gasteiger partial charge in [0.15, 0.2) is 5.65 Å². The molecule has 0 unspecified atom stereocenters. The summed E-state index contributed by atoms with van der Waals surface area (Å²) in [6.45, 7) is 2.22. The number of carbonyl (C=O) groups is 1. The second-order valence-electron chi connectivity index (χ2n) is 7.85. The molecule has 4 heterocycles. The largest absolute Gasteiger partial charge is 0.465 e. The summed E-state index contributed by atoms with van der Waals surface area (Å²) in [6, 6.07) is 9.53. The molecule has 4 aromatic rings. The summed E-state index contributed by atoms with van der Waals surface area (Å²) in [4.78, 5) is 21.8. The number of fused-ring (bicyclic) bond motifs is 3. The minimum Gasteiger partial charge on any atom is -0.465 e. The lowest BCUT2D eigenvalue weighted by molar-refractivity contribution is 0.153. The minimum absolute atomic E-state index is 0.144. The highest BCUT2D eigenvalue weighted by Crippen LogP contribution is 2.35. The molecule has 0 bridgehead atoms. The number of aliphatic hydroxyl groups excluding tert-OH is 1. The van der Waals surface area contributed by atoms with Crippen molar-refractivity contribution in [1.29, 1.82) is 0 Å². The predicted octanol–water partition coefficient (Wildman–Crippen LogP) is 2.60. The highest BCUT2D eigenvalue weighted by atomic mass is 32.2. The topological polar surface area (TPSA) is 131 Å². The Kier molecular flexibility index (Phi) is 4.68. The molecule has 166 valence electrons. The van der Waals surface area contributed by atoms with Gasteiger partial charge in [-0.05, 0) is 31.5 Å². The number of benzene rings is 1. The van der Waals surface area contributed by atoms with E-state index in [-0.39, 0.29) is 23.1 Å². The van der Waals surface area contributed by atoms with Crippen LogP contribution in [0.4, 0.5) is 4.79 Å². The maximum atomic E-state index is 13.2. The normalized spacial score (nSPS) is 17.9. The van der Waals surface area contributed by atoms with Crippen molar-refractivity contribution < 1.29 is 23.4 Å². The van der Waals surface area contributed by atoms with Crippen LogP contribution in [0.15, 0.2) is 53.7 Å². The van der Waals surface area contributed by atoms with Crippen molar-refractivity contribution in [2.45, 2.75) is 30.4 Å². The molecule has 0 aliphatic carbocycles. The first-order valence-electron chi connectivity index (χ1n) is 10.1. The van der Waals surface area contributed by atoms with E-state index in [1.807, 2.05) is 4.57 Å². The summed E-state index contributed by atoms with van der Waals surface area (Å²) in [5, 5.41) is 20.3. The third-order valence-corrected chi connectivity index (χ3v) is 7.51. The van der Waals surface area contributed by atoms with E-state index in [0.29, 0.717) is 35.2 Å². The van der Waals surface area contributed by atoms with Crippen LogP contribution in [0.2, 0.25) is 0 Å². The number of imidazole rings is 1. The Morgan fingerprint density at radius 3 is 2.62 bits per heavy atom. The van der Waals surface area contributed by atoms with Crippen molar-refractivity contribution >= 4 is 38.2 Å². The van der Waals surface area contributed by atoms with Crippen LogP contribution in [-0.4, -0.2) is 61.2 Å². The molecule has 0 saturated carbocycles. The van der Waals surface area contributed by atoms with Gasteiger partial charge in [-0.3, -0.25) is 0 Å². The van der Waals surface area contributed by atoms with Gasteiger partial charge in [0.1, 0.15) is 17.4 Å². The first-order chi connectivity index (χ1) is 15.3. The van der Waals surface area contributed by atoms with E-state index in [4.69, 9.17) is 0 Å². The van der Waals surface area contributed by atoms with E-state index >= 15 is 0 Å². The molecule has 1 amide bonds. The molecule has 1 aromatic carbocycles. The first kappa shape index (κ1) is 20.5. The number of amides is 1. The maximum Gasteiger partial charge on any atom is 0.407 e. The first-order valence-corrected chi connectivity index (χ1v) is 11.6. The van der Waals surface area contributed by atoms with E-state index in [1.165, 1.54) is 29.4 Å². The van der Waals surface area contributed by atoms with Crippen LogP contribution in [0.3, 0.4) is 0 Å². The quantitative estimate of drug-likeness (QED) is 0.484. The molecule has 1 saturated heterocycles. The highest BCUT2D eigenvalue weighted by Gasteiger charge is 2.32. The van der Waals surface area contributed by atoms with E-state index < -0.39 is 22.2 Å². The fourth-order valence-corrected chi connectivity index (χ4v) is 5.68. The second-order valence-corrected chi connectivity index (χ2v) is 9.66. The molecule has 0 radical (unpaired) electrons. The molecule has 32 heavy (non-hydrogen) atoms. The van der Waals surface area contributed by atoms with Crippen molar-refractivity contribution in [3.63, 3.8) is 0 Å². The van der Waals surface area contributed by atoms with Gasteiger partial charge in [-0.2, -0.15) is 0 Å². The summed E-state index contributed by atoms with van der Waals surface area (Å²) >= 11 is 0. The molecule has 1 aliphatic heterocycles. The number of rotatable bonds is 4. The number of hydrogen-bond acceptors (Lipinski definition) is 6. The Morgan fingerprint density at radius 1 is 1.22 bits per heavy atom. The van der Waals surface area contributed by atoms with Gasteiger partial charge in [0.05, 0.1) is 22.7 Å². The van der Waals surface area contributed by atoms with Crippen LogP contribution in [0.1, 0.15) is 31.3 Å². The number of hydrogen-bond donors (Lipinski definition) is 2. The Labute approximate surface area is 183 Å². The maximum absolute atomic E-state index is 13.2. The van der Waals surface area contributed by atoms with E-state index in [1.54, 1.807) is 31.2 Å². The Balaban J connectivity index is 1.73. The lowest BCUT2D eigenvalue weighted by atomic mass is 10.2. The fraction of sp³-hybridized carbons (Fsp3) is 0.286. The molecule has 2 N–H and O–H groups in total. The lowest BCUT2D eigenvalue weighted by Gasteiger charge is -2.18. The van der Waals surface area contributed by atoms with Crippen molar-refractivity contribution in [1.82, 2.24) is 23.4 Å². The smallest absolute Gasteiger partial charge is 0.407 e. The summed E-state index contributed by atoms with van der Waals surface area (Å²) in [7, 11) is -3.86. The molecule has 2 atom stereocenters. The van der Waals surface area contributed by atoms with Gasteiger partial charge in [-0.25, -0.2) is 27.2 Å². The Bertz CT molecular complexity index is 1440. The number of likely N-dealkylation sites (tertiary alicyclic amines) is 1. The van der Waals surface area contributed by atoms with Gasteiger partial charge < -0.3 is 19.7 Å². The van der Waals surface area contributed by atoms with Gasteiger partial charge in [0, 0.05) is 24.7 Å². The molecule has 1 aliphatic rings. The van der Waals surface area contributed by atoms with Crippen LogP contribution in [0.25, 0.3) is 22.1 Å². The highest BCUT2D eigenvalue weighted by molar-refractivity contribution is 7.90. The SMILES string of the molecule is C[C@@H](O)c1nc2cnc3c(ccn3S(=O)(=O)c3ccccc3)c2n1[C@@H]1CCN(C(=O)O)C1. The van der Waals surface area contributed by atoms with Crippen LogP contribution in [-0.2, 0) is 10.0 Å². The van der Waals surface area contributed by atoms with Gasteiger partial charge in [0.2, 0.25) is 0 Å². The lowest BCUT2D eigenvalue weighted by Crippen LogP contribution is -2.27. The van der Waals surface area contributed by atoms with Gasteiger partial charge in [-0.15, -0.1) is 0 Å². The fourth-order valence-electron chi connectivity index (χ4n) is 4.36. The van der Waals surface area contributed by atoms with Gasteiger partial charge >= 0.3 is 6.09 Å². The average Bonchev–Trinajstić information content (AvgIpc) is 3.49. The third kappa shape index (κ3) is 3.04. The van der Waals surface area contributed by atoms with Crippen molar-refractivity contribution in [3.8, 4) is 0 Å². The number of nitrogens with zero attached hydrogens (tertiary/aromatic N) is 5. The van der Waals surface area contributed by atoms with E-state index in [2.05, 4.69) is 9.97 Å². The van der Waals surface area contributed by atoms with Crippen LogP contribution < -0.4 is 0 Å². The van der Waals surface area contributed by atoms with Crippen LogP contribution in [0, 0.1) is 0 Å². The predicted molar refractivity (Wildman–Crippen MR) is 116 cm³/mol. The molecular formula is C21H21N5O5S. The number of pyridine rings is 1. The Morgan fingerprint density at radius 2 is 1.97 bits per heavy atom.